The normalized spacial score (nSPS) is 27.8. The van der Waals surface area contributed by atoms with Crippen LogP contribution in [0.15, 0.2) is 18.2 Å². The molecule has 0 radical (unpaired) electrons. The first kappa shape index (κ1) is 12.9. The van der Waals surface area contributed by atoms with Gasteiger partial charge in [0.15, 0.2) is 0 Å². The lowest BCUT2D eigenvalue weighted by Gasteiger charge is -2.30. The van der Waals surface area contributed by atoms with Gasteiger partial charge in [0.2, 0.25) is 0 Å². The Morgan fingerprint density at radius 3 is 3.05 bits per heavy atom. The highest BCUT2D eigenvalue weighted by Crippen LogP contribution is 2.42. The van der Waals surface area contributed by atoms with E-state index in [1.165, 1.54) is 0 Å². The molecule has 3 nitrogen and oxygen atoms in total. The minimum absolute atomic E-state index is 0.00413. The predicted octanol–water partition coefficient (Wildman–Crippen LogP) is 2.82. The molecule has 0 saturated carbocycles. The molecule has 0 aromatic heterocycles. The Kier molecular flexibility index (Phi) is 3.27. The second-order valence-electron chi connectivity index (χ2n) is 5.55. The Bertz CT molecular complexity index is 509. The Hall–Kier alpha value is -1.06. The first-order valence-electron chi connectivity index (χ1n) is 6.79. The lowest BCUT2D eigenvalue weighted by atomic mass is 9.90. The molecule has 2 heterocycles. The van der Waals surface area contributed by atoms with E-state index in [0.717, 1.165) is 49.1 Å². The molecule has 1 fully saturated rings. The van der Waals surface area contributed by atoms with Crippen LogP contribution in [0.2, 0.25) is 0 Å². The molecule has 2 unspecified atom stereocenters. The Labute approximate surface area is 118 Å². The van der Waals surface area contributed by atoms with Gasteiger partial charge in [0.1, 0.15) is 0 Å². The SMILES string of the molecule is CC1(C(Cl)c2ccc3c(c2)C(=O)NCC3)CCCO1. The zero-order valence-corrected chi connectivity index (χ0v) is 11.8. The molecule has 2 aliphatic heterocycles. The first-order chi connectivity index (χ1) is 9.10. The number of carbonyl (C=O) groups excluding carboxylic acids is 1. The van der Waals surface area contributed by atoms with Crippen LogP contribution in [0.3, 0.4) is 0 Å². The number of alkyl halides is 1. The number of ether oxygens (including phenoxy) is 1. The summed E-state index contributed by atoms with van der Waals surface area (Å²) in [6.45, 7) is 3.54. The van der Waals surface area contributed by atoms with E-state index in [2.05, 4.69) is 12.2 Å². The van der Waals surface area contributed by atoms with Crippen LogP contribution in [-0.2, 0) is 11.2 Å². The zero-order valence-electron chi connectivity index (χ0n) is 11.0. The van der Waals surface area contributed by atoms with Gasteiger partial charge in [-0.2, -0.15) is 0 Å². The standard InChI is InChI=1S/C15H18ClNO2/c1-15(6-2-8-19-15)13(16)11-4-3-10-5-7-17-14(18)12(10)9-11/h3-4,9,13H,2,5-8H2,1H3,(H,17,18). The number of halogens is 1. The average Bonchev–Trinajstić information content (AvgIpc) is 2.86. The van der Waals surface area contributed by atoms with Crippen LogP contribution in [0.25, 0.3) is 0 Å². The third kappa shape index (κ3) is 2.26. The van der Waals surface area contributed by atoms with Gasteiger partial charge < -0.3 is 10.1 Å². The summed E-state index contributed by atoms with van der Waals surface area (Å²) in [4.78, 5) is 11.9. The molecule has 0 bridgehead atoms. The number of rotatable bonds is 2. The summed E-state index contributed by atoms with van der Waals surface area (Å²) in [5, 5.41) is 2.66. The third-order valence-electron chi connectivity index (χ3n) is 4.14. The molecule has 1 aromatic rings. The summed E-state index contributed by atoms with van der Waals surface area (Å²) in [7, 11) is 0. The van der Waals surface area contributed by atoms with Gasteiger partial charge >= 0.3 is 0 Å². The number of hydrogen-bond acceptors (Lipinski definition) is 2. The molecule has 1 saturated heterocycles. The van der Waals surface area contributed by atoms with E-state index in [1.807, 2.05) is 18.2 Å². The highest BCUT2D eigenvalue weighted by atomic mass is 35.5. The van der Waals surface area contributed by atoms with Gasteiger partial charge in [-0.15, -0.1) is 11.6 Å². The van der Waals surface area contributed by atoms with Crippen LogP contribution in [0.1, 0.15) is 46.6 Å². The topological polar surface area (TPSA) is 38.3 Å². The number of fused-ring (bicyclic) bond motifs is 1. The van der Waals surface area contributed by atoms with Crippen molar-refractivity contribution in [1.29, 1.82) is 0 Å². The lowest BCUT2D eigenvalue weighted by Crippen LogP contribution is -2.33. The molecular formula is C15H18ClNO2. The average molecular weight is 280 g/mol. The summed E-state index contributed by atoms with van der Waals surface area (Å²) in [5.74, 6) is 0.00413. The smallest absolute Gasteiger partial charge is 0.251 e. The Balaban J connectivity index is 1.93. The lowest BCUT2D eigenvalue weighted by molar-refractivity contribution is 0.0164. The van der Waals surface area contributed by atoms with Crippen molar-refractivity contribution < 1.29 is 9.53 Å². The monoisotopic (exact) mass is 279 g/mol. The van der Waals surface area contributed by atoms with Crippen LogP contribution >= 0.6 is 11.6 Å². The Morgan fingerprint density at radius 1 is 1.47 bits per heavy atom. The quantitative estimate of drug-likeness (QED) is 0.846. The van der Waals surface area contributed by atoms with Crippen LogP contribution in [-0.4, -0.2) is 24.7 Å². The number of nitrogens with one attached hydrogen (secondary N) is 1. The fourth-order valence-electron chi connectivity index (χ4n) is 2.94. The van der Waals surface area contributed by atoms with Crippen LogP contribution in [0, 0.1) is 0 Å². The molecule has 1 amide bonds. The third-order valence-corrected chi connectivity index (χ3v) is 4.85. The number of amides is 1. The summed E-state index contributed by atoms with van der Waals surface area (Å²) in [6.07, 6.45) is 2.90. The largest absolute Gasteiger partial charge is 0.373 e. The molecule has 0 spiro atoms. The molecular weight excluding hydrogens is 262 g/mol. The molecule has 102 valence electrons. The van der Waals surface area contributed by atoms with E-state index in [9.17, 15) is 4.79 Å². The summed E-state index contributed by atoms with van der Waals surface area (Å²) in [5.41, 5.74) is 2.52. The molecule has 0 aliphatic carbocycles. The zero-order chi connectivity index (χ0) is 13.5. The molecule has 1 aromatic carbocycles. The maximum atomic E-state index is 11.9. The summed E-state index contributed by atoms with van der Waals surface area (Å²) >= 11 is 6.59. The highest BCUT2D eigenvalue weighted by Gasteiger charge is 2.38. The van der Waals surface area contributed by atoms with Crippen LogP contribution in [0.4, 0.5) is 0 Å². The second kappa shape index (κ2) is 4.80. The van der Waals surface area contributed by atoms with Gasteiger partial charge in [-0.25, -0.2) is 0 Å². The maximum absolute atomic E-state index is 11.9. The van der Waals surface area contributed by atoms with Gasteiger partial charge in [0.05, 0.1) is 11.0 Å². The summed E-state index contributed by atoms with van der Waals surface area (Å²) in [6, 6.07) is 5.98. The van der Waals surface area contributed by atoms with Crippen LogP contribution < -0.4 is 5.32 Å². The fourth-order valence-corrected chi connectivity index (χ4v) is 3.25. The first-order valence-corrected chi connectivity index (χ1v) is 7.23. The van der Waals surface area contributed by atoms with E-state index >= 15 is 0 Å². The van der Waals surface area contributed by atoms with Crippen molar-refractivity contribution >= 4 is 17.5 Å². The van der Waals surface area contributed by atoms with Crippen molar-refractivity contribution in [1.82, 2.24) is 5.32 Å². The van der Waals surface area contributed by atoms with Crippen molar-refractivity contribution in [3.05, 3.63) is 34.9 Å². The minimum Gasteiger partial charge on any atom is -0.373 e. The maximum Gasteiger partial charge on any atom is 0.251 e. The molecule has 2 aliphatic rings. The highest BCUT2D eigenvalue weighted by molar-refractivity contribution is 6.21. The van der Waals surface area contributed by atoms with Gasteiger partial charge in [0, 0.05) is 18.7 Å². The van der Waals surface area contributed by atoms with E-state index in [1.54, 1.807) is 0 Å². The van der Waals surface area contributed by atoms with E-state index in [-0.39, 0.29) is 16.9 Å². The van der Waals surface area contributed by atoms with Crippen molar-refractivity contribution in [2.45, 2.75) is 37.2 Å². The number of carbonyl (C=O) groups is 1. The van der Waals surface area contributed by atoms with Crippen molar-refractivity contribution in [3.63, 3.8) is 0 Å². The van der Waals surface area contributed by atoms with Crippen molar-refractivity contribution in [2.24, 2.45) is 0 Å². The van der Waals surface area contributed by atoms with Gasteiger partial charge in [-0.1, -0.05) is 12.1 Å². The molecule has 3 rings (SSSR count). The van der Waals surface area contributed by atoms with E-state index < -0.39 is 0 Å². The number of benzene rings is 1. The molecule has 19 heavy (non-hydrogen) atoms. The number of hydrogen-bond donors (Lipinski definition) is 1. The van der Waals surface area contributed by atoms with Gasteiger partial charge in [-0.3, -0.25) is 4.79 Å². The molecule has 1 N–H and O–H groups in total. The van der Waals surface area contributed by atoms with E-state index in [4.69, 9.17) is 16.3 Å². The Morgan fingerprint density at radius 2 is 2.32 bits per heavy atom. The fraction of sp³-hybridized carbons (Fsp3) is 0.533. The predicted molar refractivity (Wildman–Crippen MR) is 74.7 cm³/mol. The van der Waals surface area contributed by atoms with Crippen molar-refractivity contribution in [3.8, 4) is 0 Å². The molecule has 2 atom stereocenters. The van der Waals surface area contributed by atoms with E-state index in [0.29, 0.717) is 0 Å². The minimum atomic E-state index is -0.319. The van der Waals surface area contributed by atoms with Crippen LogP contribution in [0.5, 0.6) is 0 Å². The van der Waals surface area contributed by atoms with Crippen molar-refractivity contribution in [2.75, 3.05) is 13.2 Å². The molecule has 4 heteroatoms. The second-order valence-corrected chi connectivity index (χ2v) is 5.99. The van der Waals surface area contributed by atoms with Gasteiger partial charge in [0.25, 0.3) is 5.91 Å². The summed E-state index contributed by atoms with van der Waals surface area (Å²) < 4.78 is 5.80. The van der Waals surface area contributed by atoms with Gasteiger partial charge in [-0.05, 0) is 43.4 Å².